The fourth-order valence-electron chi connectivity index (χ4n) is 1.42. The van der Waals surface area contributed by atoms with Gasteiger partial charge in [0, 0.05) is 6.61 Å². The summed E-state index contributed by atoms with van der Waals surface area (Å²) < 4.78 is 34.6. The maximum absolute atomic E-state index is 12.1. The molecule has 0 aliphatic carbocycles. The predicted molar refractivity (Wildman–Crippen MR) is 65.3 cm³/mol. The van der Waals surface area contributed by atoms with Crippen molar-refractivity contribution in [3.63, 3.8) is 0 Å². The Morgan fingerprint density at radius 1 is 1.18 bits per heavy atom. The third kappa shape index (κ3) is 3.80. The molecule has 0 aliphatic heterocycles. The molecule has 1 rings (SSSR count). The lowest BCUT2D eigenvalue weighted by atomic mass is 10.4. The summed E-state index contributed by atoms with van der Waals surface area (Å²) in [4.78, 5) is 0.260. The third-order valence-electron chi connectivity index (χ3n) is 2.29. The topological polar surface area (TPSA) is 52.6 Å². The lowest BCUT2D eigenvalue weighted by molar-refractivity contribution is -0.133. The van der Waals surface area contributed by atoms with Crippen molar-refractivity contribution in [3.8, 4) is 0 Å². The lowest BCUT2D eigenvalue weighted by Gasteiger charge is -2.19. The van der Waals surface area contributed by atoms with Crippen LogP contribution in [0.3, 0.4) is 0 Å². The van der Waals surface area contributed by atoms with Gasteiger partial charge in [-0.3, -0.25) is 0 Å². The first-order chi connectivity index (χ1) is 7.98. The summed E-state index contributed by atoms with van der Waals surface area (Å²) in [6.45, 7) is 5.51. The van der Waals surface area contributed by atoms with E-state index in [1.807, 2.05) is 6.92 Å². The summed E-state index contributed by atoms with van der Waals surface area (Å²) in [7, 11) is -3.45. The molecule has 0 spiro atoms. The average molecular weight is 258 g/mol. The van der Waals surface area contributed by atoms with Crippen LogP contribution >= 0.6 is 0 Å². The van der Waals surface area contributed by atoms with Crippen LogP contribution in [0.15, 0.2) is 35.2 Å². The molecule has 96 valence electrons. The normalized spacial score (nSPS) is 15.5. The summed E-state index contributed by atoms with van der Waals surface area (Å²) in [6.07, 6.45) is -0.534. The molecular formula is C12H18O4S. The Bertz CT molecular complexity index is 427. The van der Waals surface area contributed by atoms with Crippen LogP contribution in [0.25, 0.3) is 0 Å². The highest BCUT2D eigenvalue weighted by molar-refractivity contribution is 7.91. The van der Waals surface area contributed by atoms with E-state index in [0.717, 1.165) is 0 Å². The van der Waals surface area contributed by atoms with Gasteiger partial charge < -0.3 is 9.47 Å². The molecule has 0 heterocycles. The lowest BCUT2D eigenvalue weighted by Crippen LogP contribution is -2.27. The van der Waals surface area contributed by atoms with E-state index >= 15 is 0 Å². The number of rotatable bonds is 6. The molecule has 0 bridgehead atoms. The monoisotopic (exact) mass is 258 g/mol. The van der Waals surface area contributed by atoms with Gasteiger partial charge in [0.05, 0.1) is 4.90 Å². The van der Waals surface area contributed by atoms with Gasteiger partial charge >= 0.3 is 0 Å². The van der Waals surface area contributed by atoms with Crippen molar-refractivity contribution in [2.24, 2.45) is 0 Å². The summed E-state index contributed by atoms with van der Waals surface area (Å²) in [5.41, 5.74) is -0.925. The van der Waals surface area contributed by atoms with Gasteiger partial charge in [0.15, 0.2) is 11.7 Å². The maximum atomic E-state index is 12.1. The van der Waals surface area contributed by atoms with Crippen LogP contribution in [0.2, 0.25) is 0 Å². The first kappa shape index (κ1) is 14.2. The van der Waals surface area contributed by atoms with Crippen molar-refractivity contribution in [2.75, 3.05) is 6.61 Å². The van der Waals surface area contributed by atoms with E-state index < -0.39 is 21.6 Å². The molecule has 0 aromatic heterocycles. The minimum absolute atomic E-state index is 0.260. The van der Waals surface area contributed by atoms with Crippen molar-refractivity contribution in [2.45, 2.75) is 37.4 Å². The van der Waals surface area contributed by atoms with Gasteiger partial charge in [-0.1, -0.05) is 18.2 Å². The molecule has 0 saturated carbocycles. The molecule has 17 heavy (non-hydrogen) atoms. The summed E-state index contributed by atoms with van der Waals surface area (Å²) in [5, 5.41) is 0. The van der Waals surface area contributed by atoms with Gasteiger partial charge in [0.25, 0.3) is 0 Å². The number of hydrogen-bond donors (Lipinski definition) is 0. The van der Waals surface area contributed by atoms with Gasteiger partial charge in [0.2, 0.25) is 9.84 Å². The van der Waals surface area contributed by atoms with Crippen LogP contribution in [0.1, 0.15) is 20.8 Å². The number of benzene rings is 1. The molecule has 2 atom stereocenters. The van der Waals surface area contributed by atoms with Crippen LogP contribution in [-0.2, 0) is 19.3 Å². The Hall–Kier alpha value is -0.910. The quantitative estimate of drug-likeness (QED) is 0.734. The highest BCUT2D eigenvalue weighted by Crippen LogP contribution is 2.17. The third-order valence-corrected chi connectivity index (χ3v) is 4.21. The molecule has 0 aliphatic rings. The summed E-state index contributed by atoms with van der Waals surface area (Å²) in [5.74, 6) is 0. The Morgan fingerprint density at radius 2 is 1.76 bits per heavy atom. The van der Waals surface area contributed by atoms with E-state index in [2.05, 4.69) is 0 Å². The Labute approximate surface area is 102 Å². The van der Waals surface area contributed by atoms with Crippen molar-refractivity contribution >= 4 is 9.84 Å². The number of hydrogen-bond acceptors (Lipinski definition) is 4. The van der Waals surface area contributed by atoms with E-state index in [1.54, 1.807) is 37.3 Å². The van der Waals surface area contributed by atoms with Crippen LogP contribution in [0.4, 0.5) is 0 Å². The summed E-state index contributed by atoms with van der Waals surface area (Å²) in [6, 6.07) is 8.26. The van der Waals surface area contributed by atoms with Gasteiger partial charge in [-0.2, -0.15) is 0 Å². The van der Waals surface area contributed by atoms with E-state index in [0.29, 0.717) is 6.61 Å². The maximum Gasteiger partial charge on any atom is 0.205 e. The second kappa shape index (κ2) is 6.14. The first-order valence-corrected chi connectivity index (χ1v) is 7.09. The zero-order valence-corrected chi connectivity index (χ0v) is 11.1. The second-order valence-corrected chi connectivity index (χ2v) is 5.81. The van der Waals surface area contributed by atoms with Crippen molar-refractivity contribution in [1.82, 2.24) is 0 Å². The molecular weight excluding hydrogens is 240 g/mol. The Balaban J connectivity index is 2.78. The van der Waals surface area contributed by atoms with Crippen LogP contribution in [-0.4, -0.2) is 26.8 Å². The Morgan fingerprint density at radius 3 is 2.29 bits per heavy atom. The minimum atomic E-state index is -3.45. The van der Waals surface area contributed by atoms with Crippen molar-refractivity contribution < 1.29 is 17.9 Å². The van der Waals surface area contributed by atoms with E-state index in [1.165, 1.54) is 6.92 Å². The molecule has 1 aromatic carbocycles. The van der Waals surface area contributed by atoms with E-state index in [4.69, 9.17) is 9.47 Å². The molecule has 5 heteroatoms. The van der Waals surface area contributed by atoms with Gasteiger partial charge in [-0.05, 0) is 32.9 Å². The molecule has 0 saturated heterocycles. The standard InChI is InChI=1S/C12H18O4S/c1-4-15-10(2)16-11(3)17(13,14)12-8-6-5-7-9-12/h5-11H,4H2,1-3H3. The largest absolute Gasteiger partial charge is 0.353 e. The molecule has 4 nitrogen and oxygen atoms in total. The summed E-state index contributed by atoms with van der Waals surface area (Å²) >= 11 is 0. The molecule has 1 aromatic rings. The number of ether oxygens (including phenoxy) is 2. The zero-order valence-electron chi connectivity index (χ0n) is 10.3. The first-order valence-electron chi connectivity index (χ1n) is 5.54. The van der Waals surface area contributed by atoms with Crippen molar-refractivity contribution in [3.05, 3.63) is 30.3 Å². The molecule has 0 radical (unpaired) electrons. The molecule has 0 fully saturated rings. The molecule has 0 amide bonds. The average Bonchev–Trinajstić information content (AvgIpc) is 2.30. The van der Waals surface area contributed by atoms with Crippen LogP contribution in [0, 0.1) is 0 Å². The minimum Gasteiger partial charge on any atom is -0.353 e. The highest BCUT2D eigenvalue weighted by Gasteiger charge is 2.25. The van der Waals surface area contributed by atoms with E-state index in [9.17, 15) is 8.42 Å². The SMILES string of the molecule is CCOC(C)OC(C)S(=O)(=O)c1ccccc1. The number of sulfone groups is 1. The fraction of sp³-hybridized carbons (Fsp3) is 0.500. The van der Waals surface area contributed by atoms with Crippen LogP contribution in [0.5, 0.6) is 0 Å². The van der Waals surface area contributed by atoms with Crippen LogP contribution < -0.4 is 0 Å². The van der Waals surface area contributed by atoms with Gasteiger partial charge in [0.1, 0.15) is 0 Å². The van der Waals surface area contributed by atoms with Gasteiger partial charge in [-0.25, -0.2) is 8.42 Å². The second-order valence-electron chi connectivity index (χ2n) is 3.58. The fourth-order valence-corrected chi connectivity index (χ4v) is 2.64. The van der Waals surface area contributed by atoms with E-state index in [-0.39, 0.29) is 4.90 Å². The molecule has 2 unspecified atom stereocenters. The van der Waals surface area contributed by atoms with Crippen molar-refractivity contribution in [1.29, 1.82) is 0 Å². The van der Waals surface area contributed by atoms with Gasteiger partial charge in [-0.15, -0.1) is 0 Å². The smallest absolute Gasteiger partial charge is 0.205 e. The Kier molecular flexibility index (Phi) is 5.11. The molecule has 0 N–H and O–H groups in total. The predicted octanol–water partition coefficient (Wildman–Crippen LogP) is 2.21. The zero-order chi connectivity index (χ0) is 12.9. The highest BCUT2D eigenvalue weighted by atomic mass is 32.2.